The van der Waals surface area contributed by atoms with Gasteiger partial charge in [-0.25, -0.2) is 0 Å². The highest BCUT2D eigenvalue weighted by Gasteiger charge is 1.88. The lowest BCUT2D eigenvalue weighted by molar-refractivity contribution is 0.600. The second-order valence-corrected chi connectivity index (χ2v) is 2.69. The van der Waals surface area contributed by atoms with E-state index in [0.717, 1.165) is 12.2 Å². The summed E-state index contributed by atoms with van der Waals surface area (Å²) in [6, 6.07) is 0. The first-order valence-electron chi connectivity index (χ1n) is 1.86. The zero-order valence-corrected chi connectivity index (χ0v) is 4.75. The number of hydrogen-bond donors (Lipinski definition) is 0. The predicted octanol–water partition coefficient (Wildman–Crippen LogP) is 0.589. The Balaban J connectivity index is 2.63. The van der Waals surface area contributed by atoms with Crippen LogP contribution in [0.4, 0.5) is 0 Å². The van der Waals surface area contributed by atoms with Crippen LogP contribution >= 0.6 is 0 Å². The first kappa shape index (κ1) is 6.31. The quantitative estimate of drug-likeness (QED) is 0.471. The van der Waals surface area contributed by atoms with Crippen LogP contribution in [0.5, 0.6) is 0 Å². The van der Waals surface area contributed by atoms with Crippen LogP contribution < -0.4 is 0 Å². The Morgan fingerprint density at radius 3 is 2.33 bits per heavy atom. The van der Waals surface area contributed by atoms with Crippen LogP contribution in [0.2, 0.25) is 0 Å². The minimum absolute atomic E-state index is 0.628. The monoisotopic (exact) mass is 105 g/mol. The average Bonchev–Trinajstić information content (AvgIpc) is 1.35. The third kappa shape index (κ3) is 4.31. The molecule has 0 N–H and O–H groups in total. The number of rotatable bonds is 2. The molecule has 0 saturated carbocycles. The summed E-state index contributed by atoms with van der Waals surface area (Å²) in [5.74, 6) is 0.736. The van der Waals surface area contributed by atoms with Crippen molar-refractivity contribution in [3.05, 3.63) is 6.92 Å². The predicted molar refractivity (Wildman–Crippen MR) is 28.9 cm³/mol. The minimum atomic E-state index is -0.628. The van der Waals surface area contributed by atoms with Crippen molar-refractivity contribution >= 4 is 11.2 Å². The largest absolute Gasteiger partial charge is 0.617 e. The van der Waals surface area contributed by atoms with Crippen molar-refractivity contribution in [2.45, 2.75) is 6.42 Å². The van der Waals surface area contributed by atoms with Gasteiger partial charge in [0.15, 0.2) is 0 Å². The Labute approximate surface area is 41.9 Å². The van der Waals surface area contributed by atoms with Crippen molar-refractivity contribution in [2.24, 2.45) is 0 Å². The van der Waals surface area contributed by atoms with Crippen molar-refractivity contribution in [2.75, 3.05) is 12.0 Å². The molecule has 0 spiro atoms. The standard InChI is InChI=1S/C4H9OS/c1-3-4-6(2)5/h1,3-4H2,2H3. The summed E-state index contributed by atoms with van der Waals surface area (Å²) in [5.41, 5.74) is 0. The zero-order chi connectivity index (χ0) is 4.99. The summed E-state index contributed by atoms with van der Waals surface area (Å²) < 4.78 is 10.1. The van der Waals surface area contributed by atoms with Crippen LogP contribution in [-0.4, -0.2) is 16.6 Å². The zero-order valence-electron chi connectivity index (χ0n) is 3.94. The van der Waals surface area contributed by atoms with Gasteiger partial charge in [-0.1, -0.05) is 11.2 Å². The molecule has 1 atom stereocenters. The third-order valence-electron chi connectivity index (χ3n) is 0.432. The smallest absolute Gasteiger partial charge is 0.105 e. The summed E-state index contributed by atoms with van der Waals surface area (Å²) in [5, 5.41) is 0. The van der Waals surface area contributed by atoms with E-state index in [1.165, 1.54) is 0 Å². The van der Waals surface area contributed by atoms with Gasteiger partial charge in [0, 0.05) is 0 Å². The van der Waals surface area contributed by atoms with Gasteiger partial charge in [-0.3, -0.25) is 0 Å². The van der Waals surface area contributed by atoms with Gasteiger partial charge >= 0.3 is 0 Å². The molecule has 2 heteroatoms. The van der Waals surface area contributed by atoms with E-state index >= 15 is 0 Å². The van der Waals surface area contributed by atoms with Gasteiger partial charge in [-0.15, -0.1) is 0 Å². The molecule has 0 rings (SSSR count). The van der Waals surface area contributed by atoms with Crippen molar-refractivity contribution in [3.8, 4) is 0 Å². The summed E-state index contributed by atoms with van der Waals surface area (Å²) in [6.45, 7) is 3.53. The second-order valence-electron chi connectivity index (χ2n) is 1.13. The van der Waals surface area contributed by atoms with E-state index in [2.05, 4.69) is 6.92 Å². The molecule has 1 unspecified atom stereocenters. The molecule has 6 heavy (non-hydrogen) atoms. The lowest BCUT2D eigenvalue weighted by Crippen LogP contribution is -2.00. The van der Waals surface area contributed by atoms with Gasteiger partial charge < -0.3 is 4.55 Å². The lowest BCUT2D eigenvalue weighted by atomic mass is 10.6. The Morgan fingerprint density at radius 2 is 2.33 bits per heavy atom. The maximum Gasteiger partial charge on any atom is 0.105 e. The topological polar surface area (TPSA) is 23.1 Å². The molecule has 0 heterocycles. The molecular formula is C4H9OS. The van der Waals surface area contributed by atoms with Gasteiger partial charge in [-0.05, 0) is 13.3 Å². The summed E-state index contributed by atoms with van der Waals surface area (Å²) >= 11 is -0.628. The van der Waals surface area contributed by atoms with E-state index in [1.807, 2.05) is 0 Å². The Hall–Kier alpha value is 0.310. The molecule has 37 valence electrons. The Morgan fingerprint density at radius 1 is 1.83 bits per heavy atom. The van der Waals surface area contributed by atoms with Crippen LogP contribution in [0, 0.1) is 6.92 Å². The normalized spacial score (nSPS) is 14.5. The molecule has 0 aliphatic heterocycles. The van der Waals surface area contributed by atoms with E-state index < -0.39 is 11.2 Å². The second kappa shape index (κ2) is 3.50. The van der Waals surface area contributed by atoms with Crippen LogP contribution in [0.25, 0.3) is 0 Å². The van der Waals surface area contributed by atoms with Crippen LogP contribution in [0.15, 0.2) is 0 Å². The first-order chi connectivity index (χ1) is 2.77. The Kier molecular flexibility index (Phi) is 3.68. The first-order valence-corrected chi connectivity index (χ1v) is 3.59. The maximum atomic E-state index is 10.1. The van der Waals surface area contributed by atoms with Gasteiger partial charge in [0.25, 0.3) is 0 Å². The molecular weight excluding hydrogens is 96.1 g/mol. The van der Waals surface area contributed by atoms with Crippen LogP contribution in [0.1, 0.15) is 6.42 Å². The van der Waals surface area contributed by atoms with Crippen molar-refractivity contribution in [1.82, 2.24) is 0 Å². The molecule has 0 saturated heterocycles. The van der Waals surface area contributed by atoms with E-state index in [0.29, 0.717) is 0 Å². The highest BCUT2D eigenvalue weighted by molar-refractivity contribution is 7.90. The Bertz CT molecular complexity index is 28.7. The van der Waals surface area contributed by atoms with Gasteiger partial charge in [-0.2, -0.15) is 0 Å². The van der Waals surface area contributed by atoms with E-state index in [9.17, 15) is 4.55 Å². The molecule has 0 aliphatic rings. The molecule has 0 aromatic heterocycles. The average molecular weight is 105 g/mol. The maximum absolute atomic E-state index is 10.1. The number of hydrogen-bond acceptors (Lipinski definition) is 1. The SMILES string of the molecule is [CH2]CC[S+](C)[O-]. The molecule has 0 aromatic carbocycles. The van der Waals surface area contributed by atoms with Crippen molar-refractivity contribution in [3.63, 3.8) is 0 Å². The van der Waals surface area contributed by atoms with Crippen LogP contribution in [-0.2, 0) is 11.2 Å². The molecule has 0 aromatic rings. The van der Waals surface area contributed by atoms with Gasteiger partial charge in [0.1, 0.15) is 5.75 Å². The molecule has 0 amide bonds. The van der Waals surface area contributed by atoms with Crippen molar-refractivity contribution in [1.29, 1.82) is 0 Å². The van der Waals surface area contributed by atoms with Crippen LogP contribution in [0.3, 0.4) is 0 Å². The highest BCUT2D eigenvalue weighted by atomic mass is 32.2. The fourth-order valence-electron chi connectivity index (χ4n) is 0.203. The lowest BCUT2D eigenvalue weighted by Gasteiger charge is -1.98. The summed E-state index contributed by atoms with van der Waals surface area (Å²) in [7, 11) is 0. The molecule has 1 nitrogen and oxygen atoms in total. The molecule has 0 fully saturated rings. The highest BCUT2D eigenvalue weighted by Crippen LogP contribution is 1.83. The molecule has 0 aliphatic carbocycles. The molecule has 0 bridgehead atoms. The van der Waals surface area contributed by atoms with E-state index in [-0.39, 0.29) is 0 Å². The fraction of sp³-hybridized carbons (Fsp3) is 0.750. The third-order valence-corrected chi connectivity index (χ3v) is 1.30. The minimum Gasteiger partial charge on any atom is -0.617 e. The van der Waals surface area contributed by atoms with Gasteiger partial charge in [0.2, 0.25) is 0 Å². The van der Waals surface area contributed by atoms with E-state index in [1.54, 1.807) is 6.26 Å². The molecule has 1 radical (unpaired) electrons. The fourth-order valence-corrected chi connectivity index (χ4v) is 0.610. The van der Waals surface area contributed by atoms with Crippen molar-refractivity contribution < 1.29 is 4.55 Å². The van der Waals surface area contributed by atoms with Gasteiger partial charge in [0.05, 0.1) is 6.26 Å². The van der Waals surface area contributed by atoms with E-state index in [4.69, 9.17) is 0 Å². The summed E-state index contributed by atoms with van der Waals surface area (Å²) in [6.07, 6.45) is 2.47. The summed E-state index contributed by atoms with van der Waals surface area (Å²) in [4.78, 5) is 0.